The van der Waals surface area contributed by atoms with Gasteiger partial charge < -0.3 is 14.4 Å². The van der Waals surface area contributed by atoms with Gasteiger partial charge in [-0.1, -0.05) is 11.6 Å². The SMILES string of the molecule is CN(CCCC(=O)O)Cc1cn2cc(Cl)ccc2n1. The van der Waals surface area contributed by atoms with Gasteiger partial charge in [0.15, 0.2) is 0 Å². The Morgan fingerprint density at radius 3 is 3.00 bits per heavy atom. The number of rotatable bonds is 6. The molecule has 2 rings (SSSR count). The van der Waals surface area contributed by atoms with E-state index < -0.39 is 5.97 Å². The average molecular weight is 282 g/mol. The van der Waals surface area contributed by atoms with E-state index in [2.05, 4.69) is 9.88 Å². The van der Waals surface area contributed by atoms with Gasteiger partial charge in [-0.05, 0) is 32.1 Å². The van der Waals surface area contributed by atoms with E-state index in [0.717, 1.165) is 17.9 Å². The summed E-state index contributed by atoms with van der Waals surface area (Å²) in [5.74, 6) is -0.754. The van der Waals surface area contributed by atoms with E-state index in [1.165, 1.54) is 0 Å². The van der Waals surface area contributed by atoms with Crippen LogP contribution in [0.15, 0.2) is 24.5 Å². The molecule has 0 aliphatic rings. The van der Waals surface area contributed by atoms with E-state index in [1.807, 2.05) is 36.0 Å². The number of imidazole rings is 1. The summed E-state index contributed by atoms with van der Waals surface area (Å²) in [4.78, 5) is 17.0. The fraction of sp³-hybridized carbons (Fsp3) is 0.385. The van der Waals surface area contributed by atoms with Gasteiger partial charge in [0.1, 0.15) is 5.65 Å². The van der Waals surface area contributed by atoms with Crippen molar-refractivity contribution in [3.8, 4) is 0 Å². The minimum absolute atomic E-state index is 0.200. The first kappa shape index (κ1) is 13.8. The summed E-state index contributed by atoms with van der Waals surface area (Å²) >= 11 is 5.92. The Morgan fingerprint density at radius 2 is 2.26 bits per heavy atom. The van der Waals surface area contributed by atoms with Crippen LogP contribution < -0.4 is 0 Å². The summed E-state index contributed by atoms with van der Waals surface area (Å²) in [5, 5.41) is 9.26. The monoisotopic (exact) mass is 281 g/mol. The fourth-order valence-electron chi connectivity index (χ4n) is 1.95. The molecule has 0 radical (unpaired) electrons. The smallest absolute Gasteiger partial charge is 0.303 e. The predicted octanol–water partition coefficient (Wildman–Crippen LogP) is 2.28. The van der Waals surface area contributed by atoms with Gasteiger partial charge in [0.2, 0.25) is 0 Å². The Hall–Kier alpha value is -1.59. The lowest BCUT2D eigenvalue weighted by atomic mass is 10.3. The van der Waals surface area contributed by atoms with E-state index in [9.17, 15) is 4.79 Å². The van der Waals surface area contributed by atoms with Crippen LogP contribution in [0.5, 0.6) is 0 Å². The van der Waals surface area contributed by atoms with Crippen molar-refractivity contribution in [1.29, 1.82) is 0 Å². The molecule has 0 fully saturated rings. The van der Waals surface area contributed by atoms with Crippen molar-refractivity contribution in [2.45, 2.75) is 19.4 Å². The molecule has 5 nitrogen and oxygen atoms in total. The normalized spacial score (nSPS) is 11.3. The summed E-state index contributed by atoms with van der Waals surface area (Å²) < 4.78 is 1.89. The Labute approximate surface area is 116 Å². The van der Waals surface area contributed by atoms with E-state index >= 15 is 0 Å². The molecule has 0 bridgehead atoms. The number of fused-ring (bicyclic) bond motifs is 1. The zero-order chi connectivity index (χ0) is 13.8. The van der Waals surface area contributed by atoms with Gasteiger partial charge in [0, 0.05) is 25.4 Å². The molecule has 19 heavy (non-hydrogen) atoms. The van der Waals surface area contributed by atoms with Crippen LogP contribution in [-0.2, 0) is 11.3 Å². The molecule has 0 amide bonds. The zero-order valence-corrected chi connectivity index (χ0v) is 11.5. The molecule has 0 atom stereocenters. The fourth-order valence-corrected chi connectivity index (χ4v) is 2.12. The summed E-state index contributed by atoms with van der Waals surface area (Å²) in [6.07, 6.45) is 4.60. The first-order chi connectivity index (χ1) is 9.04. The Kier molecular flexibility index (Phi) is 4.39. The van der Waals surface area contributed by atoms with Crippen molar-refractivity contribution in [3.63, 3.8) is 0 Å². The lowest BCUT2D eigenvalue weighted by molar-refractivity contribution is -0.137. The maximum absolute atomic E-state index is 10.4. The van der Waals surface area contributed by atoms with Gasteiger partial charge in [-0.15, -0.1) is 0 Å². The van der Waals surface area contributed by atoms with Gasteiger partial charge in [0.25, 0.3) is 0 Å². The number of aliphatic carboxylic acids is 1. The van der Waals surface area contributed by atoms with Crippen LogP contribution in [0.3, 0.4) is 0 Å². The first-order valence-electron chi connectivity index (χ1n) is 6.08. The zero-order valence-electron chi connectivity index (χ0n) is 10.7. The highest BCUT2D eigenvalue weighted by molar-refractivity contribution is 6.30. The summed E-state index contributed by atoms with van der Waals surface area (Å²) in [6.45, 7) is 1.43. The van der Waals surface area contributed by atoms with Crippen LogP contribution in [0.4, 0.5) is 0 Å². The van der Waals surface area contributed by atoms with E-state index in [1.54, 1.807) is 0 Å². The van der Waals surface area contributed by atoms with Crippen molar-refractivity contribution in [2.75, 3.05) is 13.6 Å². The van der Waals surface area contributed by atoms with Crippen molar-refractivity contribution < 1.29 is 9.90 Å². The first-order valence-corrected chi connectivity index (χ1v) is 6.46. The van der Waals surface area contributed by atoms with Crippen molar-refractivity contribution in [2.24, 2.45) is 0 Å². The van der Waals surface area contributed by atoms with Gasteiger partial charge >= 0.3 is 5.97 Å². The molecule has 0 aromatic carbocycles. The molecule has 1 N–H and O–H groups in total. The Bertz CT molecular complexity index is 582. The van der Waals surface area contributed by atoms with Crippen molar-refractivity contribution in [3.05, 3.63) is 35.2 Å². The minimum Gasteiger partial charge on any atom is -0.481 e. The maximum Gasteiger partial charge on any atom is 0.303 e. The molecule has 0 spiro atoms. The molecule has 0 aliphatic heterocycles. The number of carbonyl (C=O) groups is 1. The van der Waals surface area contributed by atoms with E-state index in [4.69, 9.17) is 16.7 Å². The number of carboxylic acids is 1. The molecular formula is C13H16ClN3O2. The number of hydrogen-bond donors (Lipinski definition) is 1. The van der Waals surface area contributed by atoms with Crippen molar-refractivity contribution in [1.82, 2.24) is 14.3 Å². The number of halogens is 1. The van der Waals surface area contributed by atoms with Crippen LogP contribution in [0.1, 0.15) is 18.5 Å². The molecule has 2 heterocycles. The standard InChI is InChI=1S/C13H16ClN3O2/c1-16(6-2-3-13(18)19)8-11-9-17-7-10(14)4-5-12(17)15-11/h4-5,7,9H,2-3,6,8H2,1H3,(H,18,19). The molecule has 6 heteroatoms. The summed E-state index contributed by atoms with van der Waals surface area (Å²) in [6, 6.07) is 3.68. The molecule has 0 aliphatic carbocycles. The van der Waals surface area contributed by atoms with Gasteiger partial charge in [-0.2, -0.15) is 0 Å². The molecule has 0 saturated carbocycles. The highest BCUT2D eigenvalue weighted by atomic mass is 35.5. The van der Waals surface area contributed by atoms with E-state index in [0.29, 0.717) is 18.0 Å². The topological polar surface area (TPSA) is 57.8 Å². The minimum atomic E-state index is -0.754. The highest BCUT2D eigenvalue weighted by Gasteiger charge is 2.06. The van der Waals surface area contributed by atoms with E-state index in [-0.39, 0.29) is 6.42 Å². The highest BCUT2D eigenvalue weighted by Crippen LogP contribution is 2.12. The van der Waals surface area contributed by atoms with Crippen molar-refractivity contribution >= 4 is 23.2 Å². The summed E-state index contributed by atoms with van der Waals surface area (Å²) in [5.41, 5.74) is 1.80. The van der Waals surface area contributed by atoms with Crippen LogP contribution in [0, 0.1) is 0 Å². The number of pyridine rings is 1. The molecule has 0 unspecified atom stereocenters. The number of nitrogens with zero attached hydrogens (tertiary/aromatic N) is 3. The lowest BCUT2D eigenvalue weighted by Crippen LogP contribution is -2.20. The van der Waals surface area contributed by atoms with Crippen LogP contribution >= 0.6 is 11.6 Å². The molecular weight excluding hydrogens is 266 g/mol. The quantitative estimate of drug-likeness (QED) is 0.882. The van der Waals surface area contributed by atoms with Crippen LogP contribution in [-0.4, -0.2) is 39.0 Å². The second kappa shape index (κ2) is 6.04. The Balaban J connectivity index is 1.95. The van der Waals surface area contributed by atoms with Gasteiger partial charge in [-0.25, -0.2) is 4.98 Å². The van der Waals surface area contributed by atoms with Gasteiger partial charge in [0.05, 0.1) is 10.7 Å². The second-order valence-corrected chi connectivity index (χ2v) is 5.02. The summed E-state index contributed by atoms with van der Waals surface area (Å²) in [7, 11) is 1.96. The Morgan fingerprint density at radius 1 is 1.47 bits per heavy atom. The van der Waals surface area contributed by atoms with Gasteiger partial charge in [-0.3, -0.25) is 4.79 Å². The molecule has 2 aromatic heterocycles. The third-order valence-corrected chi connectivity index (χ3v) is 3.05. The second-order valence-electron chi connectivity index (χ2n) is 4.58. The predicted molar refractivity (Wildman–Crippen MR) is 73.4 cm³/mol. The van der Waals surface area contributed by atoms with Crippen LogP contribution in [0.2, 0.25) is 5.02 Å². The number of hydrogen-bond acceptors (Lipinski definition) is 3. The number of carboxylic acid groups (broad SMARTS) is 1. The molecule has 0 saturated heterocycles. The third kappa shape index (κ3) is 3.94. The lowest BCUT2D eigenvalue weighted by Gasteiger charge is -2.13. The average Bonchev–Trinajstić information content (AvgIpc) is 2.69. The molecule has 102 valence electrons. The molecule has 2 aromatic rings. The third-order valence-electron chi connectivity index (χ3n) is 2.83. The maximum atomic E-state index is 10.4. The largest absolute Gasteiger partial charge is 0.481 e. The number of aromatic nitrogens is 2. The van der Waals surface area contributed by atoms with Crippen LogP contribution in [0.25, 0.3) is 5.65 Å².